The average Bonchev–Trinajstić information content (AvgIpc) is 3.25. The van der Waals surface area contributed by atoms with Gasteiger partial charge < -0.3 is 5.32 Å². The van der Waals surface area contributed by atoms with E-state index in [2.05, 4.69) is 26.7 Å². The Kier molecular flexibility index (Phi) is 2.12. The highest BCUT2D eigenvalue weighted by Crippen LogP contribution is 2.46. The number of hydrogen-bond acceptors (Lipinski definition) is 4. The van der Waals surface area contributed by atoms with Gasteiger partial charge in [0, 0.05) is 6.04 Å². The summed E-state index contributed by atoms with van der Waals surface area (Å²) in [6.07, 6.45) is 7.26. The molecule has 0 radical (unpaired) electrons. The molecule has 2 saturated carbocycles. The zero-order chi connectivity index (χ0) is 11.2. The molecular weight excluding hydrogens is 230 g/mol. The third kappa shape index (κ3) is 1.80. The molecule has 4 rings (SSSR count). The van der Waals surface area contributed by atoms with Crippen LogP contribution in [-0.2, 0) is 0 Å². The van der Waals surface area contributed by atoms with Crippen molar-refractivity contribution < 1.29 is 0 Å². The van der Waals surface area contributed by atoms with E-state index < -0.39 is 0 Å². The maximum absolute atomic E-state index is 4.42. The normalized spacial score (nSPS) is 20.1. The molecule has 0 bridgehead atoms. The monoisotopic (exact) mass is 245 g/mol. The molecule has 1 N–H and O–H groups in total. The van der Waals surface area contributed by atoms with E-state index in [-0.39, 0.29) is 0 Å². The van der Waals surface area contributed by atoms with Gasteiger partial charge in [0.1, 0.15) is 17.0 Å². The van der Waals surface area contributed by atoms with Crippen molar-refractivity contribution in [2.24, 2.45) is 11.8 Å². The highest BCUT2D eigenvalue weighted by atomic mass is 32.1. The molecule has 0 atom stereocenters. The summed E-state index contributed by atoms with van der Waals surface area (Å²) in [4.78, 5) is 9.81. The third-order valence-electron chi connectivity index (χ3n) is 3.82. The largest absolute Gasteiger partial charge is 0.366 e. The summed E-state index contributed by atoms with van der Waals surface area (Å²) in [5.41, 5.74) is 0. The van der Waals surface area contributed by atoms with Crippen molar-refractivity contribution in [3.05, 3.63) is 17.8 Å². The van der Waals surface area contributed by atoms with E-state index in [4.69, 9.17) is 0 Å². The Morgan fingerprint density at radius 2 is 1.94 bits per heavy atom. The molecule has 0 aromatic carbocycles. The van der Waals surface area contributed by atoms with Gasteiger partial charge in [-0.3, -0.25) is 0 Å². The quantitative estimate of drug-likeness (QED) is 0.898. The summed E-state index contributed by atoms with van der Waals surface area (Å²) >= 11 is 1.69. The number of hydrogen-bond donors (Lipinski definition) is 1. The van der Waals surface area contributed by atoms with Gasteiger partial charge in [-0.15, -0.1) is 11.3 Å². The SMILES string of the molecule is c1nc(NC(C2CC2)C2CC2)c2ccsc2n1. The Morgan fingerprint density at radius 3 is 2.65 bits per heavy atom. The van der Waals surface area contributed by atoms with Crippen LogP contribution < -0.4 is 5.32 Å². The first-order chi connectivity index (χ1) is 8.42. The van der Waals surface area contributed by atoms with Crippen molar-refractivity contribution in [2.45, 2.75) is 31.7 Å². The van der Waals surface area contributed by atoms with Gasteiger partial charge >= 0.3 is 0 Å². The summed E-state index contributed by atoms with van der Waals surface area (Å²) in [5, 5.41) is 6.96. The van der Waals surface area contributed by atoms with E-state index in [0.29, 0.717) is 6.04 Å². The van der Waals surface area contributed by atoms with Gasteiger partial charge in [-0.05, 0) is 49.0 Å². The highest BCUT2D eigenvalue weighted by Gasteiger charge is 2.41. The minimum absolute atomic E-state index is 0.660. The Bertz CT molecular complexity index is 530. The second-order valence-corrected chi connectivity index (χ2v) is 6.10. The van der Waals surface area contributed by atoms with Crippen molar-refractivity contribution in [2.75, 3.05) is 5.32 Å². The van der Waals surface area contributed by atoms with E-state index >= 15 is 0 Å². The van der Waals surface area contributed by atoms with Gasteiger partial charge in [0.15, 0.2) is 0 Å². The van der Waals surface area contributed by atoms with Crippen molar-refractivity contribution in [3.8, 4) is 0 Å². The van der Waals surface area contributed by atoms with Crippen LogP contribution in [0.15, 0.2) is 17.8 Å². The maximum atomic E-state index is 4.42. The Hall–Kier alpha value is -1.16. The van der Waals surface area contributed by atoms with Crippen LogP contribution in [0.2, 0.25) is 0 Å². The van der Waals surface area contributed by atoms with E-state index in [1.54, 1.807) is 17.7 Å². The predicted octanol–water partition coefficient (Wildman–Crippen LogP) is 3.29. The zero-order valence-corrected chi connectivity index (χ0v) is 10.4. The lowest BCUT2D eigenvalue weighted by Crippen LogP contribution is -2.24. The minimum atomic E-state index is 0.660. The van der Waals surface area contributed by atoms with Crippen molar-refractivity contribution in [3.63, 3.8) is 0 Å². The van der Waals surface area contributed by atoms with Crippen LogP contribution in [0.5, 0.6) is 0 Å². The Balaban J connectivity index is 1.66. The molecule has 2 heterocycles. The molecule has 3 nitrogen and oxygen atoms in total. The second kappa shape index (κ2) is 3.67. The van der Waals surface area contributed by atoms with Crippen LogP contribution in [-0.4, -0.2) is 16.0 Å². The summed E-state index contributed by atoms with van der Waals surface area (Å²) in [6.45, 7) is 0. The van der Waals surface area contributed by atoms with Crippen molar-refractivity contribution >= 4 is 27.4 Å². The number of aromatic nitrogens is 2. The molecule has 4 heteroatoms. The molecule has 88 valence electrons. The van der Waals surface area contributed by atoms with Crippen LogP contribution in [0.3, 0.4) is 0 Å². The van der Waals surface area contributed by atoms with Crippen LogP contribution in [0.4, 0.5) is 5.82 Å². The minimum Gasteiger partial charge on any atom is -0.366 e. The first-order valence-electron chi connectivity index (χ1n) is 6.36. The topological polar surface area (TPSA) is 37.8 Å². The molecule has 0 saturated heterocycles. The third-order valence-corrected chi connectivity index (χ3v) is 4.65. The summed E-state index contributed by atoms with van der Waals surface area (Å²) in [7, 11) is 0. The van der Waals surface area contributed by atoms with Gasteiger partial charge in [0.25, 0.3) is 0 Å². The van der Waals surface area contributed by atoms with E-state index in [1.807, 2.05) is 0 Å². The lowest BCUT2D eigenvalue weighted by Gasteiger charge is -2.18. The fourth-order valence-electron chi connectivity index (χ4n) is 2.59. The molecule has 17 heavy (non-hydrogen) atoms. The molecule has 2 aliphatic carbocycles. The van der Waals surface area contributed by atoms with E-state index in [0.717, 1.165) is 22.5 Å². The molecule has 2 aromatic heterocycles. The number of thiophene rings is 1. The van der Waals surface area contributed by atoms with Crippen molar-refractivity contribution in [1.29, 1.82) is 0 Å². The first-order valence-corrected chi connectivity index (χ1v) is 7.24. The number of anilines is 1. The first kappa shape index (κ1) is 9.83. The molecule has 2 aromatic rings. The van der Waals surface area contributed by atoms with Gasteiger partial charge in [0.2, 0.25) is 0 Å². The molecule has 0 amide bonds. The van der Waals surface area contributed by atoms with Gasteiger partial charge in [0.05, 0.1) is 5.39 Å². The lowest BCUT2D eigenvalue weighted by atomic mass is 10.1. The highest BCUT2D eigenvalue weighted by molar-refractivity contribution is 7.16. The van der Waals surface area contributed by atoms with Gasteiger partial charge in [-0.1, -0.05) is 0 Å². The van der Waals surface area contributed by atoms with Crippen LogP contribution in [0, 0.1) is 11.8 Å². The molecule has 0 spiro atoms. The molecule has 0 unspecified atom stereocenters. The summed E-state index contributed by atoms with van der Waals surface area (Å²) in [6, 6.07) is 2.78. The number of nitrogens with one attached hydrogen (secondary N) is 1. The summed E-state index contributed by atoms with van der Waals surface area (Å²) < 4.78 is 0. The molecular formula is C13H15N3S. The average molecular weight is 245 g/mol. The van der Waals surface area contributed by atoms with Crippen LogP contribution >= 0.6 is 11.3 Å². The molecule has 2 aliphatic rings. The maximum Gasteiger partial charge on any atom is 0.138 e. The predicted molar refractivity (Wildman–Crippen MR) is 70.3 cm³/mol. The fraction of sp³-hybridized carbons (Fsp3) is 0.538. The zero-order valence-electron chi connectivity index (χ0n) is 9.60. The fourth-order valence-corrected chi connectivity index (χ4v) is 3.33. The van der Waals surface area contributed by atoms with Gasteiger partial charge in [-0.25, -0.2) is 9.97 Å². The molecule has 2 fully saturated rings. The number of rotatable bonds is 4. The van der Waals surface area contributed by atoms with E-state index in [1.165, 1.54) is 31.1 Å². The Morgan fingerprint density at radius 1 is 1.18 bits per heavy atom. The van der Waals surface area contributed by atoms with E-state index in [9.17, 15) is 0 Å². The van der Waals surface area contributed by atoms with Gasteiger partial charge in [-0.2, -0.15) is 0 Å². The van der Waals surface area contributed by atoms with Crippen LogP contribution in [0.25, 0.3) is 10.2 Å². The second-order valence-electron chi connectivity index (χ2n) is 5.21. The molecule has 0 aliphatic heterocycles. The smallest absolute Gasteiger partial charge is 0.138 e. The number of nitrogens with zero attached hydrogens (tertiary/aromatic N) is 2. The summed E-state index contributed by atoms with van der Waals surface area (Å²) in [5.74, 6) is 2.83. The number of fused-ring (bicyclic) bond motifs is 1. The lowest BCUT2D eigenvalue weighted by molar-refractivity contribution is 0.566. The van der Waals surface area contributed by atoms with Crippen molar-refractivity contribution in [1.82, 2.24) is 9.97 Å². The Labute approximate surface area is 104 Å². The van der Waals surface area contributed by atoms with Crippen LogP contribution in [0.1, 0.15) is 25.7 Å². The standard InChI is InChI=1S/C13H15N3S/c1-2-8(1)11(9-3-4-9)16-12-10-5-6-17-13(10)15-7-14-12/h5-9,11H,1-4H2,(H,14,15,16).